The third-order valence-electron chi connectivity index (χ3n) is 9.05. The van der Waals surface area contributed by atoms with Crippen LogP contribution in [0, 0.1) is 40.4 Å². The van der Waals surface area contributed by atoms with Crippen LogP contribution in [0.25, 0.3) is 0 Å². The molecule has 0 aromatic heterocycles. The molecule has 24 heavy (non-hydrogen) atoms. The molecule has 10 atom stereocenters. The molecule has 0 aromatic carbocycles. The van der Waals surface area contributed by atoms with Gasteiger partial charge in [-0.25, -0.2) is 0 Å². The van der Waals surface area contributed by atoms with Crippen LogP contribution in [0.3, 0.4) is 0 Å². The summed E-state index contributed by atoms with van der Waals surface area (Å²) in [5.74, 6) is 1.63. The highest BCUT2D eigenvalue weighted by Crippen LogP contribution is 2.67. The maximum absolute atomic E-state index is 11.1. The number of hydrogen-bond donors (Lipinski definition) is 3. The molecule has 0 amide bonds. The van der Waals surface area contributed by atoms with Crippen LogP contribution in [-0.4, -0.2) is 33.6 Å². The Balaban J connectivity index is 1.73. The Morgan fingerprint density at radius 2 is 1.62 bits per heavy atom. The predicted molar refractivity (Wildman–Crippen MR) is 94.2 cm³/mol. The zero-order valence-electron chi connectivity index (χ0n) is 15.4. The van der Waals surface area contributed by atoms with E-state index < -0.39 is 12.2 Å². The van der Waals surface area contributed by atoms with E-state index in [0.29, 0.717) is 24.2 Å². The molecule has 0 radical (unpaired) electrons. The van der Waals surface area contributed by atoms with Crippen LogP contribution in [0.15, 0.2) is 12.2 Å². The molecule has 0 aromatic rings. The van der Waals surface area contributed by atoms with Gasteiger partial charge in [-0.15, -0.1) is 0 Å². The molecule has 4 saturated carbocycles. The summed E-state index contributed by atoms with van der Waals surface area (Å²) in [5, 5.41) is 32.2. The maximum Gasteiger partial charge on any atom is 0.0836 e. The zero-order valence-corrected chi connectivity index (χ0v) is 15.4. The van der Waals surface area contributed by atoms with Gasteiger partial charge in [0, 0.05) is 0 Å². The van der Waals surface area contributed by atoms with E-state index in [1.807, 2.05) is 0 Å². The number of hydrogen-bond acceptors (Lipinski definition) is 3. The van der Waals surface area contributed by atoms with Crippen molar-refractivity contribution in [1.29, 1.82) is 0 Å². The van der Waals surface area contributed by atoms with Gasteiger partial charge in [-0.3, -0.25) is 0 Å². The fourth-order valence-corrected chi connectivity index (χ4v) is 7.48. The Labute approximate surface area is 146 Å². The Morgan fingerprint density at radius 1 is 0.917 bits per heavy atom. The highest BCUT2D eigenvalue weighted by molar-refractivity contribution is 5.25. The molecule has 4 aliphatic rings. The first-order chi connectivity index (χ1) is 11.2. The molecular formula is C21H34O3. The molecule has 1 unspecified atom stereocenters. The van der Waals surface area contributed by atoms with Gasteiger partial charge in [-0.2, -0.15) is 0 Å². The van der Waals surface area contributed by atoms with Gasteiger partial charge >= 0.3 is 0 Å². The van der Waals surface area contributed by atoms with E-state index in [2.05, 4.69) is 27.4 Å². The van der Waals surface area contributed by atoms with E-state index in [0.717, 1.165) is 32.1 Å². The summed E-state index contributed by atoms with van der Waals surface area (Å²) in [6.45, 7) is 11.3. The van der Waals surface area contributed by atoms with Crippen molar-refractivity contribution < 1.29 is 15.3 Å². The predicted octanol–water partition coefficient (Wildman–Crippen LogP) is 3.13. The van der Waals surface area contributed by atoms with E-state index in [1.54, 1.807) is 0 Å². The Morgan fingerprint density at radius 3 is 2.33 bits per heavy atom. The normalized spacial score (nSPS) is 60.3. The molecule has 0 spiro atoms. The van der Waals surface area contributed by atoms with Crippen molar-refractivity contribution in [2.45, 2.75) is 77.6 Å². The summed E-state index contributed by atoms with van der Waals surface area (Å²) in [6.07, 6.45) is 4.17. The topological polar surface area (TPSA) is 60.7 Å². The van der Waals surface area contributed by atoms with Gasteiger partial charge in [0.25, 0.3) is 0 Å². The molecule has 136 valence electrons. The third-order valence-corrected chi connectivity index (χ3v) is 9.05. The quantitative estimate of drug-likeness (QED) is 0.597. The van der Waals surface area contributed by atoms with Crippen molar-refractivity contribution in [3.63, 3.8) is 0 Å². The van der Waals surface area contributed by atoms with E-state index in [1.165, 1.54) is 5.57 Å². The monoisotopic (exact) mass is 334 g/mol. The minimum atomic E-state index is -0.697. The fraction of sp³-hybridized carbons (Fsp3) is 0.905. The van der Waals surface area contributed by atoms with Crippen molar-refractivity contribution in [3.05, 3.63) is 12.2 Å². The first-order valence-corrected chi connectivity index (χ1v) is 9.93. The number of aliphatic hydroxyl groups excluding tert-OH is 3. The summed E-state index contributed by atoms with van der Waals surface area (Å²) in [7, 11) is 0. The first kappa shape index (κ1) is 17.1. The van der Waals surface area contributed by atoms with E-state index >= 15 is 0 Å². The lowest BCUT2D eigenvalue weighted by Gasteiger charge is -2.63. The number of rotatable bonds is 0. The van der Waals surface area contributed by atoms with Gasteiger partial charge in [0.15, 0.2) is 0 Å². The molecule has 0 heterocycles. The van der Waals surface area contributed by atoms with Gasteiger partial charge in [0.2, 0.25) is 0 Å². The van der Waals surface area contributed by atoms with Crippen LogP contribution in [-0.2, 0) is 0 Å². The van der Waals surface area contributed by atoms with Crippen LogP contribution >= 0.6 is 0 Å². The second kappa shape index (κ2) is 5.31. The number of allylic oxidation sites excluding steroid dienone is 1. The highest BCUT2D eigenvalue weighted by atomic mass is 16.3. The van der Waals surface area contributed by atoms with Crippen molar-refractivity contribution in [1.82, 2.24) is 0 Å². The molecule has 4 rings (SSSR count). The summed E-state index contributed by atoms with van der Waals surface area (Å²) in [5.41, 5.74) is 1.54. The molecule has 0 saturated heterocycles. The second-order valence-corrected chi connectivity index (χ2v) is 9.93. The molecule has 4 fully saturated rings. The molecule has 0 aliphatic heterocycles. The van der Waals surface area contributed by atoms with Crippen molar-refractivity contribution in [2.75, 3.05) is 0 Å². The van der Waals surface area contributed by atoms with Crippen LogP contribution < -0.4 is 0 Å². The van der Waals surface area contributed by atoms with Gasteiger partial charge in [-0.1, -0.05) is 32.9 Å². The highest BCUT2D eigenvalue weighted by Gasteiger charge is 2.64. The summed E-state index contributed by atoms with van der Waals surface area (Å²) in [6, 6.07) is 0. The summed E-state index contributed by atoms with van der Waals surface area (Å²) < 4.78 is 0. The smallest absolute Gasteiger partial charge is 0.0836 e. The van der Waals surface area contributed by atoms with Crippen molar-refractivity contribution in [3.8, 4) is 0 Å². The van der Waals surface area contributed by atoms with Crippen LogP contribution in [0.2, 0.25) is 0 Å². The molecule has 3 N–H and O–H groups in total. The van der Waals surface area contributed by atoms with E-state index in [4.69, 9.17) is 0 Å². The summed E-state index contributed by atoms with van der Waals surface area (Å²) >= 11 is 0. The molecule has 3 heteroatoms. The number of aliphatic hydroxyl groups is 3. The van der Waals surface area contributed by atoms with E-state index in [9.17, 15) is 15.3 Å². The molecule has 3 nitrogen and oxygen atoms in total. The zero-order chi connectivity index (χ0) is 17.4. The minimum Gasteiger partial charge on any atom is -0.393 e. The Kier molecular flexibility index (Phi) is 3.77. The maximum atomic E-state index is 11.1. The Bertz CT molecular complexity index is 545. The van der Waals surface area contributed by atoms with Crippen molar-refractivity contribution >= 4 is 0 Å². The fourth-order valence-electron chi connectivity index (χ4n) is 7.48. The van der Waals surface area contributed by atoms with Crippen LogP contribution in [0.4, 0.5) is 0 Å². The average Bonchev–Trinajstić information content (AvgIpc) is 2.77. The first-order valence-electron chi connectivity index (χ1n) is 9.93. The van der Waals surface area contributed by atoms with Gasteiger partial charge in [-0.05, 0) is 78.9 Å². The van der Waals surface area contributed by atoms with Crippen molar-refractivity contribution in [2.24, 2.45) is 40.4 Å². The lowest BCUT2D eigenvalue weighted by Crippen LogP contribution is -2.63. The lowest BCUT2D eigenvalue weighted by atomic mass is 9.43. The van der Waals surface area contributed by atoms with Crippen LogP contribution in [0.1, 0.15) is 59.3 Å². The molecule has 0 bridgehead atoms. The summed E-state index contributed by atoms with van der Waals surface area (Å²) in [4.78, 5) is 0. The lowest BCUT2D eigenvalue weighted by molar-refractivity contribution is -0.218. The van der Waals surface area contributed by atoms with Gasteiger partial charge in [0.1, 0.15) is 0 Å². The SMILES string of the molecule is C=C1C(C)C[C@H]2[C@@H]3[C@@H](O)[C@H](O)[C@H]4C[C@@H](O)CC[C@]4(C)[C@H]3CC[C@]12C. The third kappa shape index (κ3) is 2.01. The van der Waals surface area contributed by atoms with Gasteiger partial charge < -0.3 is 15.3 Å². The Hall–Kier alpha value is -0.380. The standard InChI is InChI=1S/C21H34O3/c1-11-9-15-17-14(6-8-20(15,3)12(11)2)21(4)7-5-13(22)10-16(21)18(23)19(17)24/h11,13-19,22-24H,2,5-10H2,1,3-4H3/t11?,13-,14-,15-,16+,17+,18+,19+,20+,21+/m0/s1. The van der Waals surface area contributed by atoms with Gasteiger partial charge in [0.05, 0.1) is 18.3 Å². The average molecular weight is 335 g/mol. The van der Waals surface area contributed by atoms with E-state index in [-0.39, 0.29) is 28.8 Å². The van der Waals surface area contributed by atoms with Crippen LogP contribution in [0.5, 0.6) is 0 Å². The minimum absolute atomic E-state index is 0.0314. The molecule has 4 aliphatic carbocycles. The molecular weight excluding hydrogens is 300 g/mol. The largest absolute Gasteiger partial charge is 0.393 e. The number of fused-ring (bicyclic) bond motifs is 5. The second-order valence-electron chi connectivity index (χ2n) is 9.93.